The number of phenols is 1. The summed E-state index contributed by atoms with van der Waals surface area (Å²) in [5.41, 5.74) is 2.21. The zero-order valence-electron chi connectivity index (χ0n) is 27.0. The Morgan fingerprint density at radius 1 is 0.896 bits per heavy atom. The van der Waals surface area contributed by atoms with Crippen LogP contribution in [0.2, 0.25) is 0 Å². The van der Waals surface area contributed by atoms with Crippen LogP contribution in [0, 0.1) is 29.1 Å². The van der Waals surface area contributed by atoms with Gasteiger partial charge in [-0.2, -0.15) is 39.5 Å². The van der Waals surface area contributed by atoms with E-state index in [1.165, 1.54) is 11.1 Å². The Bertz CT molecular complexity index is 1300. The van der Waals surface area contributed by atoms with E-state index in [0.717, 1.165) is 57.8 Å². The van der Waals surface area contributed by atoms with Crippen molar-refractivity contribution in [2.45, 2.75) is 140 Å². The molecule has 6 atom stereocenters. The number of unbranched alkanes of at least 4 members (excludes halogenated alkanes) is 5. The van der Waals surface area contributed by atoms with E-state index in [0.29, 0.717) is 48.7 Å². The van der Waals surface area contributed by atoms with Gasteiger partial charge in [-0.3, -0.25) is 9.59 Å². The van der Waals surface area contributed by atoms with E-state index in [2.05, 4.69) is 6.92 Å². The molecule has 3 aliphatic rings. The molecule has 2 N–H and O–H groups in total. The second kappa shape index (κ2) is 14.4. The third-order valence-electron chi connectivity index (χ3n) is 11.6. The van der Waals surface area contributed by atoms with Crippen LogP contribution in [0.1, 0.15) is 120 Å². The molecule has 4 nitrogen and oxygen atoms in total. The summed E-state index contributed by atoms with van der Waals surface area (Å²) >= 11 is 0. The van der Waals surface area contributed by atoms with E-state index >= 15 is 0 Å². The number of rotatable bonds is 16. The predicted molar refractivity (Wildman–Crippen MR) is 159 cm³/mol. The molecule has 2 saturated carbocycles. The summed E-state index contributed by atoms with van der Waals surface area (Å²) in [6.45, 7) is 2.13. The topological polar surface area (TPSA) is 74.6 Å². The highest BCUT2D eigenvalue weighted by Gasteiger charge is 2.81. The van der Waals surface area contributed by atoms with Gasteiger partial charge in [-0.25, -0.2) is 0 Å². The monoisotopic (exact) mass is 700 g/mol. The van der Waals surface area contributed by atoms with Gasteiger partial charge in [0.25, 0.3) is 0 Å². The second-order valence-corrected chi connectivity index (χ2v) is 14.5. The van der Waals surface area contributed by atoms with Gasteiger partial charge in [0.15, 0.2) is 0 Å². The predicted octanol–water partition coefficient (Wildman–Crippen LogP) is 10.5. The number of carbonyl (C=O) groups excluding carboxylic acids is 1. The summed E-state index contributed by atoms with van der Waals surface area (Å²) in [6, 6.07) is 5.65. The Labute approximate surface area is 274 Å². The minimum absolute atomic E-state index is 0.0340. The van der Waals surface area contributed by atoms with E-state index in [-0.39, 0.29) is 17.6 Å². The number of aliphatic carboxylic acids is 1. The summed E-state index contributed by atoms with van der Waals surface area (Å²) in [5.74, 6) is -19.8. The zero-order chi connectivity index (χ0) is 35.7. The number of ketones is 1. The number of phenolic OH excluding ortho intramolecular Hbond substituents is 1. The van der Waals surface area contributed by atoms with Crippen LogP contribution in [0.25, 0.3) is 0 Å². The van der Waals surface area contributed by atoms with Crippen LogP contribution >= 0.6 is 0 Å². The Balaban J connectivity index is 1.21. The van der Waals surface area contributed by atoms with Crippen molar-refractivity contribution in [2.24, 2.45) is 29.1 Å². The smallest absolute Gasteiger partial charge is 0.460 e. The number of hydrogen-bond donors (Lipinski definition) is 2. The fourth-order valence-corrected chi connectivity index (χ4v) is 8.86. The van der Waals surface area contributed by atoms with Crippen molar-refractivity contribution in [3.8, 4) is 5.75 Å². The number of alkyl halides is 9. The average Bonchev–Trinajstić information content (AvgIpc) is 3.29. The van der Waals surface area contributed by atoms with Crippen molar-refractivity contribution in [1.29, 1.82) is 0 Å². The van der Waals surface area contributed by atoms with Crippen molar-refractivity contribution in [3.05, 3.63) is 29.3 Å². The highest BCUT2D eigenvalue weighted by atomic mass is 19.4. The number of aromatic hydroxyl groups is 1. The number of halogens is 9. The van der Waals surface area contributed by atoms with E-state index in [1.54, 1.807) is 6.07 Å². The molecule has 48 heavy (non-hydrogen) atoms. The number of fused-ring (bicyclic) bond motifs is 5. The third kappa shape index (κ3) is 7.49. The van der Waals surface area contributed by atoms with Crippen LogP contribution < -0.4 is 0 Å². The molecule has 0 aliphatic heterocycles. The lowest BCUT2D eigenvalue weighted by atomic mass is 9.52. The molecule has 13 heteroatoms. The van der Waals surface area contributed by atoms with Gasteiger partial charge >= 0.3 is 29.9 Å². The first-order valence-electron chi connectivity index (χ1n) is 17.0. The number of benzene rings is 1. The van der Waals surface area contributed by atoms with Crippen molar-refractivity contribution in [2.75, 3.05) is 0 Å². The minimum Gasteiger partial charge on any atom is -0.508 e. The van der Waals surface area contributed by atoms with E-state index < -0.39 is 55.1 Å². The summed E-state index contributed by atoms with van der Waals surface area (Å²) in [5, 5.41) is 19.5. The molecule has 0 radical (unpaired) electrons. The molecule has 3 aliphatic carbocycles. The van der Waals surface area contributed by atoms with Gasteiger partial charge in [0.1, 0.15) is 11.5 Å². The number of Topliss-reactive ketones (excluding diaryl/α,β-unsaturated/α-hetero) is 1. The van der Waals surface area contributed by atoms with Gasteiger partial charge in [-0.05, 0) is 98.3 Å². The molecule has 0 heterocycles. The maximum atomic E-state index is 13.8. The molecular weight excluding hydrogens is 655 g/mol. The van der Waals surface area contributed by atoms with Gasteiger partial charge in [0.2, 0.25) is 0 Å². The number of carboxylic acid groups (broad SMARTS) is 1. The van der Waals surface area contributed by atoms with Gasteiger partial charge in [0, 0.05) is 18.3 Å². The van der Waals surface area contributed by atoms with Gasteiger partial charge in [-0.15, -0.1) is 0 Å². The van der Waals surface area contributed by atoms with Crippen LogP contribution in [0.5, 0.6) is 5.75 Å². The Kier molecular flexibility index (Phi) is 11.5. The molecule has 0 aromatic heterocycles. The molecule has 0 bridgehead atoms. The van der Waals surface area contributed by atoms with E-state index in [1.807, 2.05) is 12.1 Å². The average molecular weight is 701 g/mol. The van der Waals surface area contributed by atoms with Crippen molar-refractivity contribution in [3.63, 3.8) is 0 Å². The number of carbonyl (C=O) groups is 2. The number of carboxylic acids is 1. The zero-order valence-corrected chi connectivity index (χ0v) is 27.0. The lowest BCUT2D eigenvalue weighted by Gasteiger charge is -2.51. The van der Waals surface area contributed by atoms with Crippen molar-refractivity contribution in [1.82, 2.24) is 0 Å². The molecule has 4 rings (SSSR count). The Morgan fingerprint density at radius 2 is 1.52 bits per heavy atom. The van der Waals surface area contributed by atoms with Gasteiger partial charge in [-0.1, -0.05) is 51.5 Å². The lowest BCUT2D eigenvalue weighted by Crippen LogP contribution is -2.60. The van der Waals surface area contributed by atoms with Crippen LogP contribution in [-0.4, -0.2) is 45.9 Å². The SMILES string of the molecule is C[C@]12CCC3c4ccc(O)cc4C[C@@H](CCCCCCCCC(CCCC(F)(F)C(F)(F)C(F)(F)C(F)(F)F)C(=O)O)C3C1CCC2=O. The van der Waals surface area contributed by atoms with Crippen molar-refractivity contribution < 1.29 is 59.3 Å². The first-order valence-corrected chi connectivity index (χ1v) is 17.0. The van der Waals surface area contributed by atoms with Crippen LogP contribution in [-0.2, 0) is 16.0 Å². The minimum atomic E-state index is -6.95. The molecule has 1 aromatic carbocycles. The molecule has 0 spiro atoms. The van der Waals surface area contributed by atoms with Crippen LogP contribution in [0.15, 0.2) is 18.2 Å². The summed E-state index contributed by atoms with van der Waals surface area (Å²) in [4.78, 5) is 24.4. The summed E-state index contributed by atoms with van der Waals surface area (Å²) in [7, 11) is 0. The molecule has 2 fully saturated rings. The maximum absolute atomic E-state index is 13.8. The normalized spacial score (nSPS) is 26.9. The highest BCUT2D eigenvalue weighted by molar-refractivity contribution is 5.87. The molecule has 272 valence electrons. The Hall–Kier alpha value is -2.47. The second-order valence-electron chi connectivity index (χ2n) is 14.5. The highest BCUT2D eigenvalue weighted by Crippen LogP contribution is 2.62. The largest absolute Gasteiger partial charge is 0.508 e. The summed E-state index contributed by atoms with van der Waals surface area (Å²) in [6.07, 6.45) is -0.607. The lowest BCUT2D eigenvalue weighted by molar-refractivity contribution is -0.396. The molecule has 0 saturated heterocycles. The van der Waals surface area contributed by atoms with Crippen molar-refractivity contribution >= 4 is 11.8 Å². The summed E-state index contributed by atoms with van der Waals surface area (Å²) < 4.78 is 118. The Morgan fingerprint density at radius 3 is 2.17 bits per heavy atom. The van der Waals surface area contributed by atoms with Crippen LogP contribution in [0.3, 0.4) is 0 Å². The van der Waals surface area contributed by atoms with E-state index in [9.17, 15) is 59.3 Å². The van der Waals surface area contributed by atoms with Gasteiger partial charge in [0.05, 0.1) is 5.92 Å². The first kappa shape index (κ1) is 38.3. The first-order chi connectivity index (χ1) is 22.2. The van der Waals surface area contributed by atoms with E-state index in [4.69, 9.17) is 0 Å². The molecule has 4 unspecified atom stereocenters. The maximum Gasteiger partial charge on any atom is 0.460 e. The molecule has 0 amide bonds. The quantitative estimate of drug-likeness (QED) is 0.133. The molecule has 1 aromatic rings. The third-order valence-corrected chi connectivity index (χ3v) is 11.6. The fourth-order valence-electron chi connectivity index (χ4n) is 8.86. The standard InChI is InChI=1S/C35H45F9O4/c1-31-18-16-26-25-13-12-24(45)20-23(25)19-22(29(26)27(31)14-15-28(31)46)10-7-5-3-2-4-6-9-21(30(47)48)11-8-17-32(36,37)33(38,39)34(40,41)35(42,43)44/h12-13,20-22,26-27,29,45H,2-11,14-19H2,1H3,(H,47,48)/t21?,22-,26?,27?,29?,31+/m1/s1. The van der Waals surface area contributed by atoms with Gasteiger partial charge < -0.3 is 10.2 Å². The van der Waals surface area contributed by atoms with Crippen LogP contribution in [0.4, 0.5) is 39.5 Å². The molecular formula is C35H45F9O4. The fraction of sp³-hybridized carbons (Fsp3) is 0.771. The number of hydrogen-bond acceptors (Lipinski definition) is 3.